The molecular weight excluding hydrogens is 354 g/mol. The van der Waals surface area contributed by atoms with Gasteiger partial charge in [-0.15, -0.1) is 0 Å². The first-order valence-electron chi connectivity index (χ1n) is 11.8. The number of ketones is 1. The van der Waals surface area contributed by atoms with Crippen LogP contribution in [0.3, 0.4) is 0 Å². The van der Waals surface area contributed by atoms with Gasteiger partial charge in [-0.25, -0.2) is 0 Å². The minimum Gasteiger partial charge on any atom is -0.320 e. The molecule has 2 heteroatoms. The van der Waals surface area contributed by atoms with Crippen LogP contribution in [0.2, 0.25) is 0 Å². The van der Waals surface area contributed by atoms with Crippen molar-refractivity contribution < 1.29 is 4.79 Å². The second-order valence-electron chi connectivity index (χ2n) is 10.9. The van der Waals surface area contributed by atoms with Gasteiger partial charge >= 0.3 is 0 Å². The van der Waals surface area contributed by atoms with Crippen molar-refractivity contribution in [3.8, 4) is 0 Å². The first kappa shape index (κ1) is 18.0. The normalized spacial score (nSPS) is 41.6. The Labute approximate surface area is 174 Å². The summed E-state index contributed by atoms with van der Waals surface area (Å²) in [5, 5.41) is 1.34. The molecule has 1 aromatic heterocycles. The lowest BCUT2D eigenvalue weighted by molar-refractivity contribution is -0.136. The van der Waals surface area contributed by atoms with Crippen molar-refractivity contribution in [1.29, 1.82) is 0 Å². The fourth-order valence-corrected chi connectivity index (χ4v) is 8.26. The Bertz CT molecular complexity index is 1010. The molecule has 2 aromatic rings. The maximum atomic E-state index is 12.1. The molecule has 3 unspecified atom stereocenters. The topological polar surface area (TPSA) is 22.0 Å². The van der Waals surface area contributed by atoms with Crippen molar-refractivity contribution >= 4 is 22.4 Å². The number of carbonyl (C=O) groups is 1. The van der Waals surface area contributed by atoms with Crippen LogP contribution in [-0.2, 0) is 4.79 Å². The molecule has 0 N–H and O–H groups in total. The van der Waals surface area contributed by atoms with E-state index in [1.165, 1.54) is 43.0 Å². The van der Waals surface area contributed by atoms with E-state index in [4.69, 9.17) is 0 Å². The van der Waals surface area contributed by atoms with E-state index >= 15 is 0 Å². The first-order valence-corrected chi connectivity index (χ1v) is 11.8. The molecule has 0 aliphatic heterocycles. The predicted molar refractivity (Wildman–Crippen MR) is 118 cm³/mol. The average Bonchev–Trinajstić information content (AvgIpc) is 3.29. The van der Waals surface area contributed by atoms with Gasteiger partial charge in [0.25, 0.3) is 0 Å². The maximum Gasteiger partial charge on any atom is 0.133 e. The molecule has 152 valence electrons. The van der Waals surface area contributed by atoms with E-state index in [1.807, 2.05) is 0 Å². The summed E-state index contributed by atoms with van der Waals surface area (Å²) in [6, 6.07) is 11.1. The van der Waals surface area contributed by atoms with Crippen LogP contribution in [0.5, 0.6) is 0 Å². The van der Waals surface area contributed by atoms with Gasteiger partial charge in [-0.1, -0.05) is 38.1 Å². The zero-order chi connectivity index (χ0) is 19.8. The average molecular weight is 388 g/mol. The number of hydrogen-bond acceptors (Lipinski definition) is 1. The Kier molecular flexibility index (Phi) is 3.78. The highest BCUT2D eigenvalue weighted by molar-refractivity contribution is 5.84. The largest absolute Gasteiger partial charge is 0.320 e. The Balaban J connectivity index is 1.34. The number of carbonyl (C=O) groups excluding carboxylic acids is 1. The summed E-state index contributed by atoms with van der Waals surface area (Å²) in [5.41, 5.74) is 3.59. The monoisotopic (exact) mass is 387 g/mol. The van der Waals surface area contributed by atoms with Crippen LogP contribution in [0.4, 0.5) is 0 Å². The Morgan fingerprint density at radius 1 is 1.00 bits per heavy atom. The van der Waals surface area contributed by atoms with Gasteiger partial charge in [-0.3, -0.25) is 4.79 Å². The number of Topliss-reactive ketones (excluding diaryl/α,β-unsaturated/α-hetero) is 1. The summed E-state index contributed by atoms with van der Waals surface area (Å²) >= 11 is 0. The lowest BCUT2D eigenvalue weighted by Crippen LogP contribution is -2.53. The summed E-state index contributed by atoms with van der Waals surface area (Å²) in [5.74, 6) is 3.60. The predicted octanol–water partition coefficient (Wildman–Crippen LogP) is 6.70. The number of allylic oxidation sites excluding steroid dienone is 2. The van der Waals surface area contributed by atoms with Crippen LogP contribution >= 0.6 is 0 Å². The van der Waals surface area contributed by atoms with Crippen LogP contribution in [0.15, 0.2) is 42.6 Å². The molecule has 4 aliphatic carbocycles. The molecule has 0 bridgehead atoms. The molecule has 1 aromatic carbocycles. The molecule has 0 radical (unpaired) electrons. The zero-order valence-corrected chi connectivity index (χ0v) is 17.9. The molecular formula is C27H33NO. The fraction of sp³-hybridized carbons (Fsp3) is 0.593. The van der Waals surface area contributed by atoms with E-state index in [1.54, 1.807) is 5.70 Å². The summed E-state index contributed by atoms with van der Waals surface area (Å²) < 4.78 is 2.49. The van der Waals surface area contributed by atoms with Gasteiger partial charge in [0.05, 0.1) is 5.52 Å². The first-order chi connectivity index (χ1) is 14.0. The van der Waals surface area contributed by atoms with Crippen molar-refractivity contribution in [2.45, 2.75) is 65.2 Å². The van der Waals surface area contributed by atoms with Crippen molar-refractivity contribution in [3.63, 3.8) is 0 Å². The van der Waals surface area contributed by atoms with Gasteiger partial charge in [0, 0.05) is 30.2 Å². The molecule has 3 saturated carbocycles. The number of benzene rings is 1. The summed E-state index contributed by atoms with van der Waals surface area (Å²) in [4.78, 5) is 12.1. The molecule has 0 amide bonds. The molecule has 3 fully saturated rings. The lowest BCUT2D eigenvalue weighted by Gasteiger charge is -2.60. The molecule has 2 nitrogen and oxygen atoms in total. The number of hydrogen-bond donors (Lipinski definition) is 0. The third kappa shape index (κ3) is 2.38. The molecule has 0 saturated heterocycles. The quantitative estimate of drug-likeness (QED) is 0.533. The number of fused-ring (bicyclic) bond motifs is 6. The summed E-state index contributed by atoms with van der Waals surface area (Å²) in [7, 11) is 0. The Morgan fingerprint density at radius 2 is 1.86 bits per heavy atom. The van der Waals surface area contributed by atoms with Crippen LogP contribution in [0, 0.1) is 34.5 Å². The van der Waals surface area contributed by atoms with Crippen LogP contribution in [0.25, 0.3) is 16.6 Å². The second-order valence-corrected chi connectivity index (χ2v) is 10.9. The van der Waals surface area contributed by atoms with E-state index < -0.39 is 0 Å². The van der Waals surface area contributed by atoms with E-state index in [-0.39, 0.29) is 5.41 Å². The van der Waals surface area contributed by atoms with Crippen molar-refractivity contribution in [2.75, 3.05) is 0 Å². The van der Waals surface area contributed by atoms with E-state index in [0.29, 0.717) is 17.1 Å². The zero-order valence-electron chi connectivity index (χ0n) is 17.9. The smallest absolute Gasteiger partial charge is 0.133 e. The van der Waals surface area contributed by atoms with Gasteiger partial charge < -0.3 is 4.57 Å². The molecule has 0 spiro atoms. The van der Waals surface area contributed by atoms with Crippen molar-refractivity contribution in [3.05, 3.63) is 42.6 Å². The van der Waals surface area contributed by atoms with Crippen LogP contribution < -0.4 is 0 Å². The second kappa shape index (κ2) is 6.09. The Hall–Kier alpha value is -1.83. The maximum absolute atomic E-state index is 12.1. The number of aromatic nitrogens is 1. The van der Waals surface area contributed by atoms with Gasteiger partial charge in [0.1, 0.15) is 5.78 Å². The van der Waals surface area contributed by atoms with Crippen molar-refractivity contribution in [2.24, 2.45) is 34.5 Å². The van der Waals surface area contributed by atoms with E-state index in [9.17, 15) is 4.79 Å². The van der Waals surface area contributed by atoms with Crippen LogP contribution in [0.1, 0.15) is 65.2 Å². The van der Waals surface area contributed by atoms with Crippen LogP contribution in [-0.4, -0.2) is 10.4 Å². The standard InChI is InChI=1S/C27H33NO/c1-26-14-11-20(29)17-19(26)7-8-21-22-9-10-25(27(22,2)15-12-23(21)26)28-16-13-18-5-3-4-6-24(18)28/h3-6,10,13,16,19,21-23H,7-9,11-12,14-15,17H2,1-2H3/t19-,21?,22?,23?,26+,27+/m1/s1. The highest BCUT2D eigenvalue weighted by Crippen LogP contribution is 2.66. The highest BCUT2D eigenvalue weighted by Gasteiger charge is 2.58. The number of para-hydroxylation sites is 1. The summed E-state index contributed by atoms with van der Waals surface area (Å²) in [6.07, 6.45) is 14.2. The van der Waals surface area contributed by atoms with E-state index in [2.05, 4.69) is 61.0 Å². The Morgan fingerprint density at radius 3 is 2.76 bits per heavy atom. The molecule has 6 rings (SSSR count). The van der Waals surface area contributed by atoms with Gasteiger partial charge in [-0.05, 0) is 85.1 Å². The number of rotatable bonds is 1. The third-order valence-electron chi connectivity index (χ3n) is 9.88. The minimum absolute atomic E-state index is 0.288. The highest BCUT2D eigenvalue weighted by atomic mass is 16.1. The van der Waals surface area contributed by atoms with Crippen molar-refractivity contribution in [1.82, 2.24) is 4.57 Å². The third-order valence-corrected chi connectivity index (χ3v) is 9.88. The van der Waals surface area contributed by atoms with Gasteiger partial charge in [0.2, 0.25) is 0 Å². The van der Waals surface area contributed by atoms with Gasteiger partial charge in [-0.2, -0.15) is 0 Å². The minimum atomic E-state index is 0.288. The fourth-order valence-electron chi connectivity index (χ4n) is 8.26. The SMILES string of the molecule is C[C@]12CCC3C(CC[C@@H]4CC(=O)CC[C@]34C)C1CC=C2n1ccc2ccccc21. The molecule has 6 atom stereocenters. The molecule has 29 heavy (non-hydrogen) atoms. The molecule has 1 heterocycles. The van der Waals surface area contributed by atoms with E-state index in [0.717, 1.165) is 37.0 Å². The molecule has 4 aliphatic rings. The lowest BCUT2D eigenvalue weighted by atomic mass is 9.45. The summed E-state index contributed by atoms with van der Waals surface area (Å²) in [6.45, 7) is 5.10. The number of nitrogens with zero attached hydrogens (tertiary/aromatic N) is 1. The van der Waals surface area contributed by atoms with Gasteiger partial charge in [0.15, 0.2) is 0 Å².